The van der Waals surface area contributed by atoms with E-state index < -0.39 is 0 Å². The molecule has 0 saturated heterocycles. The molecule has 4 aliphatic rings. The summed E-state index contributed by atoms with van der Waals surface area (Å²) in [5.41, 5.74) is 9.47. The Hall–Kier alpha value is -4.40. The van der Waals surface area contributed by atoms with Gasteiger partial charge in [-0.05, 0) is 75.2 Å². The molecule has 0 bridgehead atoms. The number of fused-ring (bicyclic) bond motifs is 5. The van der Waals surface area contributed by atoms with E-state index in [1.54, 1.807) is 23.5 Å². The SMILES string of the molecule is CCCCCCCCCCCCN1C(=O)C2=C(c3ccc4c(c3)Sc3ccccc3N4CC)N(CCCCCCCCCCCC)C(=O)C2=C1c1ccc2c(c1)Sc1ccccc1N2CC. The summed E-state index contributed by atoms with van der Waals surface area (Å²) in [6.45, 7) is 11.9. The number of hydrogen-bond acceptors (Lipinski definition) is 6. The van der Waals surface area contributed by atoms with Crippen LogP contribution in [0.2, 0.25) is 0 Å². The van der Waals surface area contributed by atoms with Gasteiger partial charge in [-0.15, -0.1) is 0 Å². The van der Waals surface area contributed by atoms with Crippen molar-refractivity contribution < 1.29 is 9.59 Å². The van der Waals surface area contributed by atoms with Gasteiger partial charge >= 0.3 is 0 Å². The van der Waals surface area contributed by atoms with Crippen LogP contribution < -0.4 is 9.80 Å². The van der Waals surface area contributed by atoms with Crippen LogP contribution in [-0.2, 0) is 9.59 Å². The number of hydrogen-bond donors (Lipinski definition) is 0. The second-order valence-corrected chi connectivity index (χ2v) is 20.9. The van der Waals surface area contributed by atoms with E-state index in [1.165, 1.54) is 135 Å². The number of benzene rings is 4. The van der Waals surface area contributed by atoms with E-state index in [0.717, 1.165) is 71.1 Å². The predicted molar refractivity (Wildman–Crippen MR) is 280 cm³/mol. The Morgan fingerprint density at radius 3 is 1.06 bits per heavy atom. The normalized spacial score (nSPS) is 15.2. The van der Waals surface area contributed by atoms with Crippen molar-refractivity contribution in [2.24, 2.45) is 0 Å². The number of carbonyl (C=O) groups is 2. The Morgan fingerprint density at radius 1 is 0.364 bits per heavy atom. The zero-order valence-electron chi connectivity index (χ0n) is 40.5. The number of rotatable bonds is 26. The van der Waals surface area contributed by atoms with Gasteiger partial charge in [-0.2, -0.15) is 0 Å². The van der Waals surface area contributed by atoms with Gasteiger partial charge in [0.1, 0.15) is 0 Å². The van der Waals surface area contributed by atoms with Crippen LogP contribution in [0.1, 0.15) is 167 Å². The van der Waals surface area contributed by atoms with Gasteiger partial charge in [0.2, 0.25) is 0 Å². The van der Waals surface area contributed by atoms with E-state index in [0.29, 0.717) is 24.2 Å². The second kappa shape index (κ2) is 23.6. The first-order chi connectivity index (χ1) is 32.5. The Kier molecular flexibility index (Phi) is 17.2. The number of amides is 2. The van der Waals surface area contributed by atoms with Crippen molar-refractivity contribution in [2.75, 3.05) is 36.0 Å². The van der Waals surface area contributed by atoms with Crippen molar-refractivity contribution in [3.05, 3.63) is 107 Å². The van der Waals surface area contributed by atoms with Crippen molar-refractivity contribution in [2.45, 2.75) is 176 Å². The maximum atomic E-state index is 15.4. The van der Waals surface area contributed by atoms with Crippen molar-refractivity contribution in [3.8, 4) is 0 Å². The van der Waals surface area contributed by atoms with E-state index in [9.17, 15) is 0 Å². The fourth-order valence-corrected chi connectivity index (χ4v) is 12.9. The summed E-state index contributed by atoms with van der Waals surface area (Å²) in [5, 5.41) is 0. The highest BCUT2D eigenvalue weighted by molar-refractivity contribution is 8.00. The highest BCUT2D eigenvalue weighted by Crippen LogP contribution is 2.53. The molecule has 0 radical (unpaired) electrons. The Bertz CT molecular complexity index is 2220. The number of nitrogens with zero attached hydrogens (tertiary/aromatic N) is 4. The second-order valence-electron chi connectivity index (χ2n) is 18.7. The summed E-state index contributed by atoms with van der Waals surface area (Å²) in [6, 6.07) is 30.5. The van der Waals surface area contributed by atoms with Gasteiger partial charge in [0.05, 0.1) is 45.3 Å². The van der Waals surface area contributed by atoms with E-state index >= 15 is 9.59 Å². The van der Waals surface area contributed by atoms with Crippen LogP contribution in [-0.4, -0.2) is 47.8 Å². The van der Waals surface area contributed by atoms with Crippen LogP contribution in [0.15, 0.2) is 116 Å². The fraction of sp³-hybridized carbons (Fsp3) is 0.483. The molecule has 0 fully saturated rings. The molecule has 0 aromatic heterocycles. The molecule has 2 amide bonds. The number of anilines is 4. The zero-order chi connectivity index (χ0) is 45.8. The first-order valence-corrected chi connectivity index (χ1v) is 27.6. The third kappa shape index (κ3) is 10.5. The molecule has 0 aliphatic carbocycles. The molecule has 4 aliphatic heterocycles. The van der Waals surface area contributed by atoms with Crippen LogP contribution in [0, 0.1) is 0 Å². The van der Waals surface area contributed by atoms with Gasteiger partial charge in [-0.3, -0.25) is 9.59 Å². The maximum absolute atomic E-state index is 15.4. The first kappa shape index (κ1) is 48.1. The lowest BCUT2D eigenvalue weighted by atomic mass is 10.0. The molecular weight excluding hydrogens is 849 g/mol. The molecule has 4 heterocycles. The molecule has 66 heavy (non-hydrogen) atoms. The number of para-hydroxylation sites is 2. The van der Waals surface area contributed by atoms with Crippen LogP contribution in [0.25, 0.3) is 11.4 Å². The smallest absolute Gasteiger partial charge is 0.261 e. The minimum Gasteiger partial charge on any atom is -0.340 e. The summed E-state index contributed by atoms with van der Waals surface area (Å²) in [4.78, 5) is 44.3. The van der Waals surface area contributed by atoms with Gasteiger partial charge in [-0.25, -0.2) is 0 Å². The summed E-state index contributed by atoms with van der Waals surface area (Å²) in [7, 11) is 0. The topological polar surface area (TPSA) is 47.1 Å². The minimum absolute atomic E-state index is 0.0262. The largest absolute Gasteiger partial charge is 0.340 e. The molecular formula is C58H74N4O2S2. The fourth-order valence-electron chi connectivity index (χ4n) is 10.6. The molecule has 4 aromatic rings. The van der Waals surface area contributed by atoms with E-state index in [-0.39, 0.29) is 11.8 Å². The van der Waals surface area contributed by atoms with E-state index in [2.05, 4.69) is 122 Å². The highest BCUT2D eigenvalue weighted by atomic mass is 32.2. The average molecular weight is 923 g/mol. The molecule has 0 N–H and O–H groups in total. The monoisotopic (exact) mass is 923 g/mol. The third-order valence-electron chi connectivity index (χ3n) is 14.1. The van der Waals surface area contributed by atoms with Crippen LogP contribution >= 0.6 is 23.5 Å². The molecule has 0 atom stereocenters. The van der Waals surface area contributed by atoms with Gasteiger partial charge in [0.25, 0.3) is 11.8 Å². The third-order valence-corrected chi connectivity index (χ3v) is 16.3. The molecule has 350 valence electrons. The first-order valence-electron chi connectivity index (χ1n) is 26.0. The molecule has 4 aromatic carbocycles. The Labute approximate surface area is 405 Å². The van der Waals surface area contributed by atoms with Crippen LogP contribution in [0.3, 0.4) is 0 Å². The van der Waals surface area contributed by atoms with E-state index in [4.69, 9.17) is 0 Å². The number of unbranched alkanes of at least 4 members (excludes halogenated alkanes) is 18. The van der Waals surface area contributed by atoms with Crippen molar-refractivity contribution in [1.82, 2.24) is 9.80 Å². The molecule has 8 heteroatoms. The number of carbonyl (C=O) groups excluding carboxylic acids is 2. The zero-order valence-corrected chi connectivity index (χ0v) is 42.1. The quantitative estimate of drug-likeness (QED) is 0.0585. The molecule has 6 nitrogen and oxygen atoms in total. The summed E-state index contributed by atoms with van der Waals surface area (Å²) < 4.78 is 0. The minimum atomic E-state index is -0.0262. The lowest BCUT2D eigenvalue weighted by Crippen LogP contribution is -2.31. The van der Waals surface area contributed by atoms with Gasteiger partial charge in [0.15, 0.2) is 0 Å². The van der Waals surface area contributed by atoms with Gasteiger partial charge in [-0.1, -0.05) is 189 Å². The lowest BCUT2D eigenvalue weighted by molar-refractivity contribution is -0.124. The predicted octanol–water partition coefficient (Wildman–Crippen LogP) is 16.6. The standard InChI is InChI=1S/C58H74N4O2S2/c1-5-9-11-13-15-17-19-21-23-29-39-61-55(43-35-37-47-51(41-43)65-49-33-27-25-31-45(49)59(47)7-3)53-54(57(61)63)56(62(58(53)64)40-30-24-22-20-18-16-14-12-10-6-2)44-36-38-48-52(42-44)66-50-34-28-26-32-46(50)60(48)8-4/h25-28,31-38,41-42H,5-24,29-30,39-40H2,1-4H3. The summed E-state index contributed by atoms with van der Waals surface area (Å²) in [5.74, 6) is -0.0525. The Balaban J connectivity index is 1.13. The van der Waals surface area contributed by atoms with Crippen molar-refractivity contribution >= 4 is 69.5 Å². The maximum Gasteiger partial charge on any atom is 0.261 e. The van der Waals surface area contributed by atoms with Gasteiger partial charge in [0, 0.05) is 56.9 Å². The molecule has 0 saturated carbocycles. The van der Waals surface area contributed by atoms with Crippen LogP contribution in [0.5, 0.6) is 0 Å². The van der Waals surface area contributed by atoms with E-state index in [1.807, 2.05) is 9.80 Å². The van der Waals surface area contributed by atoms with Gasteiger partial charge < -0.3 is 19.6 Å². The average Bonchev–Trinajstić information content (AvgIpc) is 3.79. The highest BCUT2D eigenvalue weighted by Gasteiger charge is 2.49. The Morgan fingerprint density at radius 2 is 0.697 bits per heavy atom. The van der Waals surface area contributed by atoms with Crippen molar-refractivity contribution in [1.29, 1.82) is 0 Å². The summed E-state index contributed by atoms with van der Waals surface area (Å²) in [6.07, 6.45) is 24.6. The molecule has 0 spiro atoms. The van der Waals surface area contributed by atoms with Crippen LogP contribution in [0.4, 0.5) is 22.7 Å². The molecule has 8 rings (SSSR count). The summed E-state index contributed by atoms with van der Waals surface area (Å²) >= 11 is 3.58. The van der Waals surface area contributed by atoms with Crippen molar-refractivity contribution in [3.63, 3.8) is 0 Å². The lowest BCUT2D eigenvalue weighted by Gasteiger charge is -2.33. The molecule has 0 unspecified atom stereocenters.